The van der Waals surface area contributed by atoms with Gasteiger partial charge >= 0.3 is 0 Å². The number of benzene rings is 1. The van der Waals surface area contributed by atoms with Crippen LogP contribution in [0.5, 0.6) is 0 Å². The van der Waals surface area contributed by atoms with E-state index < -0.39 is 11.8 Å². The second-order valence-electron chi connectivity index (χ2n) is 4.82. The molecule has 2 aromatic rings. The molecule has 0 fully saturated rings. The van der Waals surface area contributed by atoms with Gasteiger partial charge < -0.3 is 9.73 Å². The molecule has 1 heterocycles. The summed E-state index contributed by atoms with van der Waals surface area (Å²) in [6.45, 7) is 1.75. The van der Waals surface area contributed by atoms with Crippen molar-refractivity contribution in [2.75, 3.05) is 5.32 Å². The Morgan fingerprint density at radius 2 is 1.76 bits per heavy atom. The number of hydrogen-bond donors (Lipinski definition) is 4. The maximum atomic E-state index is 12.0. The summed E-state index contributed by atoms with van der Waals surface area (Å²) in [5, 5.41) is 4.95. The van der Waals surface area contributed by atoms with Crippen LogP contribution in [0, 0.1) is 0 Å². The van der Waals surface area contributed by atoms with Crippen LogP contribution >= 0.6 is 12.2 Å². The molecule has 0 aliphatic rings. The maximum absolute atomic E-state index is 12.0. The zero-order chi connectivity index (χ0) is 18.2. The van der Waals surface area contributed by atoms with Gasteiger partial charge in [-0.1, -0.05) is 6.92 Å². The number of carbonyl (C=O) groups excluding carboxylic acids is 3. The van der Waals surface area contributed by atoms with Crippen LogP contribution in [0.1, 0.15) is 34.3 Å². The molecular formula is C16H16N4O4S. The molecule has 9 heteroatoms. The van der Waals surface area contributed by atoms with Gasteiger partial charge in [-0.15, -0.1) is 0 Å². The summed E-state index contributed by atoms with van der Waals surface area (Å²) in [6, 6.07) is 9.37. The van der Waals surface area contributed by atoms with Crippen LogP contribution in [0.15, 0.2) is 47.1 Å². The normalized spacial score (nSPS) is 9.80. The number of furan rings is 1. The Bertz CT molecular complexity index is 772. The second kappa shape index (κ2) is 8.60. The summed E-state index contributed by atoms with van der Waals surface area (Å²) in [6.07, 6.45) is 1.73. The molecule has 4 N–H and O–H groups in total. The minimum absolute atomic E-state index is 0.0819. The van der Waals surface area contributed by atoms with Crippen molar-refractivity contribution in [1.29, 1.82) is 0 Å². The lowest BCUT2D eigenvalue weighted by atomic mass is 10.2. The first-order valence-electron chi connectivity index (χ1n) is 7.34. The number of hydrogen-bond acceptors (Lipinski definition) is 5. The van der Waals surface area contributed by atoms with Crippen LogP contribution in [0.2, 0.25) is 0 Å². The van der Waals surface area contributed by atoms with Gasteiger partial charge in [0.05, 0.1) is 6.26 Å². The zero-order valence-electron chi connectivity index (χ0n) is 13.3. The predicted octanol–water partition coefficient (Wildman–Crippen LogP) is 1.58. The standard InChI is InChI=1S/C16H16N4O4S/c1-2-13(21)17-11-7-5-10(6-8-11)14(22)19-20-16(25)18-15(23)12-4-3-9-24-12/h3-9H,2H2,1H3,(H,17,21)(H,19,22)(H2,18,20,23,25). The van der Waals surface area contributed by atoms with Crippen molar-refractivity contribution >= 4 is 40.7 Å². The highest BCUT2D eigenvalue weighted by Gasteiger charge is 2.11. The number of thiocarbonyl (C=S) groups is 1. The van der Waals surface area contributed by atoms with Crippen LogP contribution in [-0.4, -0.2) is 22.8 Å². The van der Waals surface area contributed by atoms with Crippen LogP contribution in [0.4, 0.5) is 5.69 Å². The topological polar surface area (TPSA) is 112 Å². The highest BCUT2D eigenvalue weighted by atomic mass is 32.1. The molecule has 130 valence electrons. The third-order valence-corrected chi connectivity index (χ3v) is 3.22. The summed E-state index contributed by atoms with van der Waals surface area (Å²) in [4.78, 5) is 35.0. The highest BCUT2D eigenvalue weighted by Crippen LogP contribution is 2.09. The van der Waals surface area contributed by atoms with E-state index in [0.717, 1.165) is 0 Å². The molecule has 0 saturated carbocycles. The minimum Gasteiger partial charge on any atom is -0.459 e. The van der Waals surface area contributed by atoms with Crippen LogP contribution < -0.4 is 21.5 Å². The molecule has 0 radical (unpaired) electrons. The first kappa shape index (κ1) is 18.1. The number of carbonyl (C=O) groups is 3. The maximum Gasteiger partial charge on any atom is 0.293 e. The van der Waals surface area contributed by atoms with Gasteiger partial charge in [0.1, 0.15) is 0 Å². The lowest BCUT2D eigenvalue weighted by Crippen LogP contribution is -2.48. The Balaban J connectivity index is 1.82. The minimum atomic E-state index is -0.534. The molecule has 2 rings (SSSR count). The van der Waals surface area contributed by atoms with Gasteiger partial charge in [0.15, 0.2) is 10.9 Å². The van der Waals surface area contributed by atoms with Gasteiger partial charge in [0.2, 0.25) is 5.91 Å². The lowest BCUT2D eigenvalue weighted by Gasteiger charge is -2.10. The molecule has 8 nitrogen and oxygen atoms in total. The third-order valence-electron chi connectivity index (χ3n) is 3.01. The van der Waals surface area contributed by atoms with E-state index in [1.54, 1.807) is 37.3 Å². The number of amides is 3. The molecule has 0 atom stereocenters. The molecule has 0 bridgehead atoms. The van der Waals surface area contributed by atoms with Crippen molar-refractivity contribution in [3.8, 4) is 0 Å². The van der Waals surface area contributed by atoms with Crippen molar-refractivity contribution in [3.05, 3.63) is 54.0 Å². The number of anilines is 1. The largest absolute Gasteiger partial charge is 0.459 e. The summed E-state index contributed by atoms with van der Waals surface area (Å²) < 4.78 is 4.92. The van der Waals surface area contributed by atoms with Crippen LogP contribution in [0.25, 0.3) is 0 Å². The fraction of sp³-hybridized carbons (Fsp3) is 0.125. The fourth-order valence-electron chi connectivity index (χ4n) is 1.74. The smallest absolute Gasteiger partial charge is 0.293 e. The molecule has 1 aromatic heterocycles. The molecular weight excluding hydrogens is 344 g/mol. The Hall–Kier alpha value is -3.20. The van der Waals surface area contributed by atoms with Crippen molar-refractivity contribution in [1.82, 2.24) is 16.2 Å². The average molecular weight is 360 g/mol. The Morgan fingerprint density at radius 1 is 1.04 bits per heavy atom. The number of nitrogens with one attached hydrogen (secondary N) is 4. The highest BCUT2D eigenvalue weighted by molar-refractivity contribution is 7.80. The van der Waals surface area contributed by atoms with E-state index in [0.29, 0.717) is 17.7 Å². The quantitative estimate of drug-likeness (QED) is 0.486. The van der Waals surface area contributed by atoms with Gasteiger partial charge in [-0.05, 0) is 48.6 Å². The molecule has 0 spiro atoms. The van der Waals surface area contributed by atoms with E-state index in [4.69, 9.17) is 16.6 Å². The SMILES string of the molecule is CCC(=O)Nc1ccc(C(=O)NNC(=S)NC(=O)c2ccco2)cc1. The van der Waals surface area contributed by atoms with Gasteiger partial charge in [0.25, 0.3) is 11.8 Å². The number of hydrazine groups is 1. The molecule has 0 aliphatic carbocycles. The zero-order valence-corrected chi connectivity index (χ0v) is 14.1. The van der Waals surface area contributed by atoms with Crippen molar-refractivity contribution in [2.24, 2.45) is 0 Å². The first-order valence-corrected chi connectivity index (χ1v) is 7.75. The van der Waals surface area contributed by atoms with E-state index >= 15 is 0 Å². The first-order chi connectivity index (χ1) is 12.0. The van der Waals surface area contributed by atoms with Crippen LogP contribution in [-0.2, 0) is 4.79 Å². The Labute approximate surface area is 148 Å². The monoisotopic (exact) mass is 360 g/mol. The Morgan fingerprint density at radius 3 is 2.36 bits per heavy atom. The molecule has 0 unspecified atom stereocenters. The van der Waals surface area contributed by atoms with Crippen molar-refractivity contribution < 1.29 is 18.8 Å². The van der Waals surface area contributed by atoms with E-state index in [9.17, 15) is 14.4 Å². The molecule has 25 heavy (non-hydrogen) atoms. The van der Waals surface area contributed by atoms with E-state index in [1.165, 1.54) is 12.3 Å². The van der Waals surface area contributed by atoms with Gasteiger partial charge in [-0.2, -0.15) is 0 Å². The van der Waals surface area contributed by atoms with Gasteiger partial charge in [-0.3, -0.25) is 30.6 Å². The van der Waals surface area contributed by atoms with Crippen LogP contribution in [0.3, 0.4) is 0 Å². The number of rotatable bonds is 4. The average Bonchev–Trinajstić information content (AvgIpc) is 3.15. The van der Waals surface area contributed by atoms with E-state index in [1.807, 2.05) is 0 Å². The molecule has 1 aromatic carbocycles. The van der Waals surface area contributed by atoms with E-state index in [-0.39, 0.29) is 16.8 Å². The predicted molar refractivity (Wildman–Crippen MR) is 94.7 cm³/mol. The second-order valence-corrected chi connectivity index (χ2v) is 5.23. The lowest BCUT2D eigenvalue weighted by molar-refractivity contribution is -0.115. The fourth-order valence-corrected chi connectivity index (χ4v) is 1.89. The third kappa shape index (κ3) is 5.43. The van der Waals surface area contributed by atoms with Gasteiger partial charge in [0, 0.05) is 17.7 Å². The summed E-state index contributed by atoms with van der Waals surface area (Å²) in [7, 11) is 0. The molecule has 3 amide bonds. The van der Waals surface area contributed by atoms with Crippen molar-refractivity contribution in [3.63, 3.8) is 0 Å². The van der Waals surface area contributed by atoms with Gasteiger partial charge in [-0.25, -0.2) is 0 Å². The summed E-state index contributed by atoms with van der Waals surface area (Å²) in [5.74, 6) is -1.01. The molecule has 0 aliphatic heterocycles. The molecule has 0 saturated heterocycles. The summed E-state index contributed by atoms with van der Waals surface area (Å²) >= 11 is 4.91. The Kier molecular flexibility index (Phi) is 6.24. The summed E-state index contributed by atoms with van der Waals surface area (Å²) in [5.41, 5.74) is 5.72. The van der Waals surface area contributed by atoms with Crippen molar-refractivity contribution in [2.45, 2.75) is 13.3 Å². The van der Waals surface area contributed by atoms with E-state index in [2.05, 4.69) is 21.5 Å².